The fraction of sp³-hybridized carbons (Fsp3) is 0.500. The third-order valence-corrected chi connectivity index (χ3v) is 3.98. The lowest BCUT2D eigenvalue weighted by Gasteiger charge is -2.09. The molecular weight excluding hydrogens is 290 g/mol. The molecule has 1 atom stereocenters. The molecular formula is C14H20ClN5O. The van der Waals surface area contributed by atoms with Gasteiger partial charge in [0.2, 0.25) is 0 Å². The summed E-state index contributed by atoms with van der Waals surface area (Å²) in [5.74, 6) is -0.158. The first kappa shape index (κ1) is 15.6. The maximum Gasteiger partial charge on any atom is 0.271 e. The van der Waals surface area contributed by atoms with Crippen LogP contribution in [0.4, 0.5) is 0 Å². The number of rotatable bonds is 5. The standard InChI is InChI=1S/C14H20ClN5O/c1-5-9(2)16-14(21)12-6-7-19(18-12)8-20-11(4)13(15)10(3)17-20/h6-7,9H,5,8H2,1-4H3,(H,16,21). The van der Waals surface area contributed by atoms with Crippen molar-refractivity contribution in [3.05, 3.63) is 34.4 Å². The van der Waals surface area contributed by atoms with E-state index in [0.29, 0.717) is 17.4 Å². The summed E-state index contributed by atoms with van der Waals surface area (Å²) in [4.78, 5) is 12.0. The molecule has 0 saturated carbocycles. The van der Waals surface area contributed by atoms with E-state index in [1.165, 1.54) is 0 Å². The highest BCUT2D eigenvalue weighted by Gasteiger charge is 2.13. The van der Waals surface area contributed by atoms with Gasteiger partial charge in [0.05, 0.1) is 16.4 Å². The number of hydrogen-bond donors (Lipinski definition) is 1. The SMILES string of the molecule is CCC(C)NC(=O)c1ccn(Cn2nc(C)c(Cl)c2C)n1. The summed E-state index contributed by atoms with van der Waals surface area (Å²) in [6, 6.07) is 1.84. The number of amides is 1. The number of aryl methyl sites for hydroxylation is 1. The first-order valence-corrected chi connectivity index (χ1v) is 7.34. The Morgan fingerprint density at radius 1 is 1.43 bits per heavy atom. The molecule has 0 aliphatic carbocycles. The normalized spacial score (nSPS) is 12.4. The number of nitrogens with one attached hydrogen (secondary N) is 1. The van der Waals surface area contributed by atoms with Crippen LogP contribution in [0.2, 0.25) is 5.02 Å². The minimum atomic E-state index is -0.158. The molecule has 0 bridgehead atoms. The first-order valence-electron chi connectivity index (χ1n) is 6.96. The number of aromatic nitrogens is 4. The van der Waals surface area contributed by atoms with Gasteiger partial charge in [0.1, 0.15) is 12.4 Å². The quantitative estimate of drug-likeness (QED) is 0.922. The molecule has 0 fully saturated rings. The zero-order valence-electron chi connectivity index (χ0n) is 12.7. The van der Waals surface area contributed by atoms with Crippen LogP contribution in [-0.2, 0) is 6.67 Å². The van der Waals surface area contributed by atoms with Crippen molar-refractivity contribution in [1.82, 2.24) is 24.9 Å². The maximum absolute atomic E-state index is 12.0. The molecule has 1 unspecified atom stereocenters. The molecule has 6 nitrogen and oxygen atoms in total. The summed E-state index contributed by atoms with van der Waals surface area (Å²) < 4.78 is 3.43. The summed E-state index contributed by atoms with van der Waals surface area (Å²) >= 11 is 6.12. The predicted octanol–water partition coefficient (Wildman–Crippen LogP) is 2.38. The van der Waals surface area contributed by atoms with Gasteiger partial charge in [0, 0.05) is 12.2 Å². The van der Waals surface area contributed by atoms with Gasteiger partial charge in [-0.2, -0.15) is 10.2 Å². The van der Waals surface area contributed by atoms with Crippen molar-refractivity contribution in [1.29, 1.82) is 0 Å². The third-order valence-electron chi connectivity index (χ3n) is 3.44. The van der Waals surface area contributed by atoms with Crippen LogP contribution in [-0.4, -0.2) is 31.5 Å². The van der Waals surface area contributed by atoms with Gasteiger partial charge in [-0.25, -0.2) is 4.68 Å². The predicted molar refractivity (Wildman–Crippen MR) is 81.6 cm³/mol. The summed E-state index contributed by atoms with van der Waals surface area (Å²) in [6.07, 6.45) is 2.65. The largest absolute Gasteiger partial charge is 0.348 e. The highest BCUT2D eigenvalue weighted by molar-refractivity contribution is 6.31. The average molecular weight is 310 g/mol. The van der Waals surface area contributed by atoms with Crippen molar-refractivity contribution in [3.8, 4) is 0 Å². The van der Waals surface area contributed by atoms with Crippen molar-refractivity contribution in [3.63, 3.8) is 0 Å². The third kappa shape index (κ3) is 3.44. The molecule has 0 radical (unpaired) electrons. The average Bonchev–Trinajstić information content (AvgIpc) is 3.01. The van der Waals surface area contributed by atoms with Crippen LogP contribution in [0.15, 0.2) is 12.3 Å². The molecule has 2 rings (SSSR count). The summed E-state index contributed by atoms with van der Waals surface area (Å²) in [5.41, 5.74) is 2.08. The number of nitrogens with zero attached hydrogens (tertiary/aromatic N) is 4. The van der Waals surface area contributed by atoms with Crippen LogP contribution in [0.25, 0.3) is 0 Å². The van der Waals surface area contributed by atoms with Gasteiger partial charge in [-0.15, -0.1) is 0 Å². The Bertz CT molecular complexity index is 646. The molecule has 7 heteroatoms. The monoisotopic (exact) mass is 309 g/mol. The molecule has 2 aromatic heterocycles. The zero-order chi connectivity index (χ0) is 15.6. The lowest BCUT2D eigenvalue weighted by molar-refractivity contribution is 0.0933. The Labute approximate surface area is 129 Å². The van der Waals surface area contributed by atoms with Crippen molar-refractivity contribution in [2.24, 2.45) is 0 Å². The Hall–Kier alpha value is -1.82. The topological polar surface area (TPSA) is 64.7 Å². The van der Waals surface area contributed by atoms with Crippen molar-refractivity contribution >= 4 is 17.5 Å². The highest BCUT2D eigenvalue weighted by atomic mass is 35.5. The van der Waals surface area contributed by atoms with Gasteiger partial charge in [-0.05, 0) is 33.3 Å². The van der Waals surface area contributed by atoms with Gasteiger partial charge in [-0.1, -0.05) is 18.5 Å². The van der Waals surface area contributed by atoms with E-state index in [0.717, 1.165) is 17.8 Å². The molecule has 114 valence electrons. The smallest absolute Gasteiger partial charge is 0.271 e. The minimum Gasteiger partial charge on any atom is -0.348 e. The van der Waals surface area contributed by atoms with Crippen LogP contribution in [0.5, 0.6) is 0 Å². The Morgan fingerprint density at radius 3 is 2.71 bits per heavy atom. The maximum atomic E-state index is 12.0. The molecule has 2 heterocycles. The van der Waals surface area contributed by atoms with Crippen LogP contribution in [0.3, 0.4) is 0 Å². The highest BCUT2D eigenvalue weighted by Crippen LogP contribution is 2.18. The molecule has 0 aliphatic rings. The van der Waals surface area contributed by atoms with Crippen LogP contribution in [0, 0.1) is 13.8 Å². The number of carbonyl (C=O) groups is 1. The molecule has 1 N–H and O–H groups in total. The second kappa shape index (κ2) is 6.30. The molecule has 0 aliphatic heterocycles. The molecule has 1 amide bonds. The Kier molecular flexibility index (Phi) is 4.67. The van der Waals surface area contributed by atoms with Gasteiger partial charge >= 0.3 is 0 Å². The first-order chi connectivity index (χ1) is 9.92. The van der Waals surface area contributed by atoms with Gasteiger partial charge in [0.25, 0.3) is 5.91 Å². The number of halogens is 1. The fourth-order valence-electron chi connectivity index (χ4n) is 1.91. The number of carbonyl (C=O) groups excluding carboxylic acids is 1. The fourth-order valence-corrected chi connectivity index (χ4v) is 2.05. The molecule has 0 spiro atoms. The van der Waals surface area contributed by atoms with Gasteiger partial charge in [0.15, 0.2) is 0 Å². The summed E-state index contributed by atoms with van der Waals surface area (Å²) in [7, 11) is 0. The molecule has 0 saturated heterocycles. The molecule has 21 heavy (non-hydrogen) atoms. The summed E-state index contributed by atoms with van der Waals surface area (Å²) in [5, 5.41) is 12.2. The van der Waals surface area contributed by atoms with Gasteiger partial charge < -0.3 is 5.32 Å². The summed E-state index contributed by atoms with van der Waals surface area (Å²) in [6.45, 7) is 8.18. The Balaban J connectivity index is 2.09. The van der Waals surface area contributed by atoms with E-state index in [1.807, 2.05) is 27.7 Å². The van der Waals surface area contributed by atoms with Gasteiger partial charge in [-0.3, -0.25) is 9.48 Å². The van der Waals surface area contributed by atoms with E-state index in [9.17, 15) is 4.79 Å². The van der Waals surface area contributed by atoms with Crippen molar-refractivity contribution in [2.75, 3.05) is 0 Å². The van der Waals surface area contributed by atoms with Crippen LogP contribution < -0.4 is 5.32 Å². The van der Waals surface area contributed by atoms with Crippen molar-refractivity contribution in [2.45, 2.75) is 46.8 Å². The molecule has 0 aromatic carbocycles. The van der Waals surface area contributed by atoms with Crippen molar-refractivity contribution < 1.29 is 4.79 Å². The zero-order valence-corrected chi connectivity index (χ0v) is 13.5. The lowest BCUT2D eigenvalue weighted by Crippen LogP contribution is -2.32. The van der Waals surface area contributed by atoms with Crippen LogP contribution in [0.1, 0.15) is 42.1 Å². The van der Waals surface area contributed by atoms with E-state index in [-0.39, 0.29) is 11.9 Å². The van der Waals surface area contributed by atoms with E-state index in [2.05, 4.69) is 15.5 Å². The Morgan fingerprint density at radius 2 is 2.14 bits per heavy atom. The second-order valence-electron chi connectivity index (χ2n) is 5.15. The van der Waals surface area contributed by atoms with E-state index < -0.39 is 0 Å². The number of hydrogen-bond acceptors (Lipinski definition) is 3. The minimum absolute atomic E-state index is 0.137. The van der Waals surface area contributed by atoms with E-state index in [4.69, 9.17) is 11.6 Å². The second-order valence-corrected chi connectivity index (χ2v) is 5.53. The van der Waals surface area contributed by atoms with E-state index >= 15 is 0 Å². The van der Waals surface area contributed by atoms with Crippen LogP contribution >= 0.6 is 11.6 Å². The van der Waals surface area contributed by atoms with E-state index in [1.54, 1.807) is 21.6 Å². The lowest BCUT2D eigenvalue weighted by atomic mass is 10.2. The molecule has 2 aromatic rings.